The van der Waals surface area contributed by atoms with Crippen molar-refractivity contribution >= 4 is 30.7 Å². The van der Waals surface area contributed by atoms with Crippen molar-refractivity contribution in [2.24, 2.45) is 0 Å². The second kappa shape index (κ2) is 8.87. The van der Waals surface area contributed by atoms with Gasteiger partial charge in [-0.1, -0.05) is 5.16 Å². The highest BCUT2D eigenvalue weighted by molar-refractivity contribution is 5.85. The molecule has 132 valence electrons. The van der Waals surface area contributed by atoms with Crippen LogP contribution in [0.5, 0.6) is 0 Å². The molecule has 0 aromatic carbocycles. The van der Waals surface area contributed by atoms with Crippen molar-refractivity contribution < 1.29 is 9.32 Å². The van der Waals surface area contributed by atoms with Gasteiger partial charge in [0, 0.05) is 38.3 Å². The lowest BCUT2D eigenvalue weighted by atomic mass is 10.1. The fraction of sp³-hybridized carbons (Fsp3) is 0.733. The van der Waals surface area contributed by atoms with Gasteiger partial charge in [-0.05, 0) is 33.2 Å². The van der Waals surface area contributed by atoms with Gasteiger partial charge in [-0.3, -0.25) is 9.69 Å². The molecule has 0 spiro atoms. The zero-order chi connectivity index (χ0) is 14.8. The molecular formula is C15H26Cl2N4O2. The van der Waals surface area contributed by atoms with Crippen LogP contribution in [0.4, 0.5) is 0 Å². The molecule has 0 unspecified atom stereocenters. The van der Waals surface area contributed by atoms with E-state index in [4.69, 9.17) is 4.52 Å². The summed E-state index contributed by atoms with van der Waals surface area (Å²) >= 11 is 0. The largest absolute Gasteiger partial charge is 0.361 e. The van der Waals surface area contributed by atoms with Crippen LogP contribution in [0.3, 0.4) is 0 Å². The van der Waals surface area contributed by atoms with Crippen LogP contribution in [0.15, 0.2) is 4.52 Å². The molecule has 2 aliphatic heterocycles. The topological polar surface area (TPSA) is 61.6 Å². The van der Waals surface area contributed by atoms with Crippen molar-refractivity contribution in [2.75, 3.05) is 32.7 Å². The van der Waals surface area contributed by atoms with Gasteiger partial charge in [0.2, 0.25) is 5.91 Å². The lowest BCUT2D eigenvalue weighted by Gasteiger charge is -2.35. The predicted octanol–water partition coefficient (Wildman–Crippen LogP) is 1.53. The average Bonchev–Trinajstić information content (AvgIpc) is 3.13. The highest BCUT2D eigenvalue weighted by Crippen LogP contribution is 2.17. The average molecular weight is 365 g/mol. The molecule has 6 nitrogen and oxygen atoms in total. The van der Waals surface area contributed by atoms with Crippen LogP contribution in [0.1, 0.15) is 29.9 Å². The number of nitrogens with one attached hydrogen (secondary N) is 1. The summed E-state index contributed by atoms with van der Waals surface area (Å²) in [5, 5.41) is 7.29. The van der Waals surface area contributed by atoms with E-state index in [9.17, 15) is 4.79 Å². The number of carbonyl (C=O) groups is 1. The smallest absolute Gasteiger partial charge is 0.239 e. The molecule has 0 bridgehead atoms. The van der Waals surface area contributed by atoms with Crippen molar-refractivity contribution in [1.82, 2.24) is 20.3 Å². The highest BCUT2D eigenvalue weighted by Gasteiger charge is 2.29. The minimum Gasteiger partial charge on any atom is -0.361 e. The molecule has 1 atom stereocenters. The molecule has 1 N–H and O–H groups in total. The molecule has 0 radical (unpaired) electrons. The van der Waals surface area contributed by atoms with Crippen molar-refractivity contribution in [2.45, 2.75) is 39.3 Å². The van der Waals surface area contributed by atoms with Crippen molar-refractivity contribution in [3.63, 3.8) is 0 Å². The first-order valence-corrected chi connectivity index (χ1v) is 7.81. The van der Waals surface area contributed by atoms with Gasteiger partial charge >= 0.3 is 0 Å². The summed E-state index contributed by atoms with van der Waals surface area (Å²) in [5.74, 6) is 1.19. The lowest BCUT2D eigenvalue weighted by Crippen LogP contribution is -2.52. The van der Waals surface area contributed by atoms with E-state index in [0.29, 0.717) is 0 Å². The SMILES string of the molecule is Cc1noc(C)c1CN1CCN(C(=O)[C@@H]2CCCN2)CC1.Cl.Cl. The van der Waals surface area contributed by atoms with Gasteiger partial charge in [-0.2, -0.15) is 0 Å². The maximum absolute atomic E-state index is 12.4. The maximum atomic E-state index is 12.4. The van der Waals surface area contributed by atoms with E-state index in [1.807, 2.05) is 18.7 Å². The first-order valence-electron chi connectivity index (χ1n) is 7.81. The van der Waals surface area contributed by atoms with Crippen LogP contribution in [0, 0.1) is 13.8 Å². The van der Waals surface area contributed by atoms with Gasteiger partial charge in [0.25, 0.3) is 0 Å². The molecule has 1 amide bonds. The quantitative estimate of drug-likeness (QED) is 0.880. The number of hydrogen-bond acceptors (Lipinski definition) is 5. The number of piperazine rings is 1. The minimum absolute atomic E-state index is 0. The standard InChI is InChI=1S/C15H24N4O2.2ClH/c1-11-13(12(2)21-17-11)10-18-6-8-19(9-7-18)15(20)14-4-3-5-16-14;;/h14,16H,3-10H2,1-2H3;2*1H/t14-;;/m0../s1. The van der Waals surface area contributed by atoms with Crippen LogP contribution in [0.25, 0.3) is 0 Å². The summed E-state index contributed by atoms with van der Waals surface area (Å²) in [6.07, 6.45) is 2.10. The Hall–Kier alpha value is -0.820. The van der Waals surface area contributed by atoms with Crippen LogP contribution in [0.2, 0.25) is 0 Å². The van der Waals surface area contributed by atoms with Gasteiger partial charge in [-0.25, -0.2) is 0 Å². The molecule has 23 heavy (non-hydrogen) atoms. The van der Waals surface area contributed by atoms with E-state index >= 15 is 0 Å². The summed E-state index contributed by atoms with van der Waals surface area (Å²) in [4.78, 5) is 16.7. The summed E-state index contributed by atoms with van der Waals surface area (Å²) in [6, 6.07) is 0.0547. The first kappa shape index (κ1) is 20.2. The number of aromatic nitrogens is 1. The third-order valence-electron chi connectivity index (χ3n) is 4.61. The predicted molar refractivity (Wildman–Crippen MR) is 93.4 cm³/mol. The fourth-order valence-corrected chi connectivity index (χ4v) is 3.19. The second-order valence-electron chi connectivity index (χ2n) is 6.05. The van der Waals surface area contributed by atoms with Gasteiger partial charge < -0.3 is 14.7 Å². The summed E-state index contributed by atoms with van der Waals surface area (Å²) in [5.41, 5.74) is 2.16. The number of amides is 1. The first-order chi connectivity index (χ1) is 10.1. The highest BCUT2D eigenvalue weighted by atomic mass is 35.5. The molecule has 3 heterocycles. The normalized spacial score (nSPS) is 21.7. The van der Waals surface area contributed by atoms with Gasteiger partial charge in [0.05, 0.1) is 11.7 Å². The zero-order valence-corrected chi connectivity index (χ0v) is 15.3. The molecule has 8 heteroatoms. The van der Waals surface area contributed by atoms with E-state index < -0.39 is 0 Å². The monoisotopic (exact) mass is 364 g/mol. The number of rotatable bonds is 3. The Morgan fingerprint density at radius 2 is 1.96 bits per heavy atom. The Bertz CT molecular complexity index is 490. The van der Waals surface area contributed by atoms with Crippen LogP contribution in [-0.2, 0) is 11.3 Å². The molecule has 2 fully saturated rings. The third-order valence-corrected chi connectivity index (χ3v) is 4.61. The third kappa shape index (κ3) is 4.59. The van der Waals surface area contributed by atoms with Crippen LogP contribution < -0.4 is 5.32 Å². The Morgan fingerprint density at radius 3 is 2.48 bits per heavy atom. The fourth-order valence-electron chi connectivity index (χ4n) is 3.19. The number of aryl methyl sites for hydroxylation is 2. The van der Waals surface area contributed by atoms with Crippen molar-refractivity contribution in [3.8, 4) is 0 Å². The molecule has 2 saturated heterocycles. The second-order valence-corrected chi connectivity index (χ2v) is 6.05. The van der Waals surface area contributed by atoms with Crippen LogP contribution >= 0.6 is 24.8 Å². The Labute approximate surface area is 149 Å². The van der Waals surface area contributed by atoms with Crippen LogP contribution in [-0.4, -0.2) is 59.6 Å². The Balaban J connectivity index is 0.00000132. The number of carbonyl (C=O) groups excluding carboxylic acids is 1. The minimum atomic E-state index is 0. The Kier molecular flexibility index (Phi) is 7.80. The van der Waals surface area contributed by atoms with E-state index in [1.165, 1.54) is 5.56 Å². The molecular weight excluding hydrogens is 339 g/mol. The summed E-state index contributed by atoms with van der Waals surface area (Å²) in [7, 11) is 0. The Morgan fingerprint density at radius 1 is 1.26 bits per heavy atom. The number of nitrogens with zero attached hydrogens (tertiary/aromatic N) is 3. The van der Waals surface area contributed by atoms with Gasteiger partial charge in [0.15, 0.2) is 0 Å². The lowest BCUT2D eigenvalue weighted by molar-refractivity contribution is -0.134. The summed E-state index contributed by atoms with van der Waals surface area (Å²) < 4.78 is 5.21. The van der Waals surface area contributed by atoms with E-state index in [-0.39, 0.29) is 36.8 Å². The summed E-state index contributed by atoms with van der Waals surface area (Å²) in [6.45, 7) is 9.26. The molecule has 1 aromatic heterocycles. The maximum Gasteiger partial charge on any atom is 0.239 e. The molecule has 0 aliphatic carbocycles. The number of hydrogen-bond donors (Lipinski definition) is 1. The number of halogens is 2. The van der Waals surface area contributed by atoms with Crippen molar-refractivity contribution in [1.29, 1.82) is 0 Å². The van der Waals surface area contributed by atoms with E-state index in [2.05, 4.69) is 15.4 Å². The van der Waals surface area contributed by atoms with E-state index in [1.54, 1.807) is 0 Å². The molecule has 2 aliphatic rings. The molecule has 1 aromatic rings. The van der Waals surface area contributed by atoms with Gasteiger partial charge in [0.1, 0.15) is 5.76 Å². The van der Waals surface area contributed by atoms with Gasteiger partial charge in [-0.15, -0.1) is 24.8 Å². The molecule has 0 saturated carbocycles. The van der Waals surface area contributed by atoms with E-state index in [0.717, 1.165) is 63.6 Å². The zero-order valence-electron chi connectivity index (χ0n) is 13.7. The molecule has 3 rings (SSSR count). The van der Waals surface area contributed by atoms with Crippen molar-refractivity contribution in [3.05, 3.63) is 17.0 Å².